The minimum atomic E-state index is 0.814. The van der Waals surface area contributed by atoms with Crippen LogP contribution >= 0.6 is 31.9 Å². The van der Waals surface area contributed by atoms with Crippen LogP contribution in [0.5, 0.6) is 11.5 Å². The highest BCUT2D eigenvalue weighted by Gasteiger charge is 2.29. The van der Waals surface area contributed by atoms with E-state index in [1.54, 1.807) is 0 Å². The topological polar surface area (TPSA) is 12.5 Å². The molecule has 0 saturated carbocycles. The van der Waals surface area contributed by atoms with Crippen molar-refractivity contribution < 1.29 is 4.74 Å². The molecule has 30 heavy (non-hydrogen) atoms. The highest BCUT2D eigenvalue weighted by molar-refractivity contribution is 9.11. The van der Waals surface area contributed by atoms with E-state index in [0.717, 1.165) is 37.5 Å². The molecule has 0 atom stereocenters. The number of benzene rings is 5. The van der Waals surface area contributed by atoms with Gasteiger partial charge in [-0.15, -0.1) is 0 Å². The van der Waals surface area contributed by atoms with Gasteiger partial charge in [0.05, 0.1) is 26.0 Å². The lowest BCUT2D eigenvalue weighted by Crippen LogP contribution is -2.16. The van der Waals surface area contributed by atoms with Gasteiger partial charge in [-0.05, 0) is 78.4 Å². The first-order chi connectivity index (χ1) is 14.7. The van der Waals surface area contributed by atoms with E-state index in [9.17, 15) is 0 Å². The van der Waals surface area contributed by atoms with Crippen molar-refractivity contribution in [1.29, 1.82) is 0 Å². The number of halogens is 2. The molecule has 0 N–H and O–H groups in total. The van der Waals surface area contributed by atoms with Gasteiger partial charge in [0.25, 0.3) is 0 Å². The van der Waals surface area contributed by atoms with Crippen LogP contribution in [0.4, 0.5) is 17.1 Å². The van der Waals surface area contributed by atoms with Crippen LogP contribution in [0.1, 0.15) is 0 Å². The second-order valence-electron chi connectivity index (χ2n) is 7.28. The van der Waals surface area contributed by atoms with Crippen molar-refractivity contribution in [2.45, 2.75) is 0 Å². The fraction of sp³-hybridized carbons (Fsp3) is 0. The third-order valence-corrected chi connectivity index (χ3v) is 6.81. The largest absolute Gasteiger partial charge is 0.451 e. The summed E-state index contributed by atoms with van der Waals surface area (Å²) in [5.41, 5.74) is 3.15. The standard InChI is InChI=1S/C26H15Br2NO/c27-20-11-5-13-22-25(20)30-26-21(28)12-6-14-23(26)29(22)24-15-16-7-1-2-8-17(16)18-9-3-4-10-19(18)24/h1-15H. The molecule has 0 spiro atoms. The molecule has 5 aromatic carbocycles. The summed E-state index contributed by atoms with van der Waals surface area (Å²) in [4.78, 5) is 2.30. The normalized spacial score (nSPS) is 12.5. The predicted octanol–water partition coefficient (Wildman–Crippen LogP) is 9.09. The van der Waals surface area contributed by atoms with E-state index in [0.29, 0.717) is 0 Å². The second kappa shape index (κ2) is 6.86. The Hall–Kier alpha value is -2.82. The predicted molar refractivity (Wildman–Crippen MR) is 132 cm³/mol. The lowest BCUT2D eigenvalue weighted by Gasteiger charge is -2.34. The Morgan fingerprint density at radius 3 is 1.77 bits per heavy atom. The minimum absolute atomic E-state index is 0.814. The van der Waals surface area contributed by atoms with Crippen LogP contribution in [-0.2, 0) is 0 Å². The van der Waals surface area contributed by atoms with Gasteiger partial charge in [-0.25, -0.2) is 0 Å². The van der Waals surface area contributed by atoms with E-state index < -0.39 is 0 Å². The number of para-hydroxylation sites is 2. The fourth-order valence-corrected chi connectivity index (χ4v) is 5.13. The van der Waals surface area contributed by atoms with Crippen LogP contribution < -0.4 is 9.64 Å². The fourth-order valence-electron chi connectivity index (χ4n) is 4.26. The molecule has 0 fully saturated rings. The van der Waals surface area contributed by atoms with Gasteiger partial charge < -0.3 is 9.64 Å². The van der Waals surface area contributed by atoms with Gasteiger partial charge in [0.2, 0.25) is 0 Å². The van der Waals surface area contributed by atoms with Crippen LogP contribution in [0.3, 0.4) is 0 Å². The van der Waals surface area contributed by atoms with Crippen molar-refractivity contribution in [3.8, 4) is 11.5 Å². The van der Waals surface area contributed by atoms with Gasteiger partial charge in [-0.2, -0.15) is 0 Å². The zero-order valence-electron chi connectivity index (χ0n) is 15.8. The minimum Gasteiger partial charge on any atom is -0.451 e. The molecule has 1 aliphatic heterocycles. The third kappa shape index (κ3) is 2.60. The van der Waals surface area contributed by atoms with Crippen LogP contribution in [0, 0.1) is 0 Å². The first kappa shape index (κ1) is 18.0. The van der Waals surface area contributed by atoms with Crippen molar-refractivity contribution in [3.05, 3.63) is 99.9 Å². The number of ether oxygens (including phenoxy) is 1. The summed E-state index contributed by atoms with van der Waals surface area (Å²) in [6.45, 7) is 0. The summed E-state index contributed by atoms with van der Waals surface area (Å²) >= 11 is 7.36. The first-order valence-corrected chi connectivity index (χ1v) is 11.3. The van der Waals surface area contributed by atoms with Crippen molar-refractivity contribution in [2.75, 3.05) is 4.90 Å². The van der Waals surface area contributed by atoms with Gasteiger partial charge in [0.1, 0.15) is 0 Å². The van der Waals surface area contributed by atoms with E-state index >= 15 is 0 Å². The average Bonchev–Trinajstić information content (AvgIpc) is 2.78. The molecule has 5 aromatic rings. The van der Waals surface area contributed by atoms with E-state index in [1.165, 1.54) is 21.5 Å². The van der Waals surface area contributed by atoms with E-state index in [2.05, 4.69) is 103 Å². The molecular weight excluding hydrogens is 502 g/mol. The maximum atomic E-state index is 6.35. The molecule has 0 aromatic heterocycles. The molecule has 6 rings (SSSR count). The van der Waals surface area contributed by atoms with Crippen LogP contribution in [0.2, 0.25) is 0 Å². The van der Waals surface area contributed by atoms with E-state index in [4.69, 9.17) is 4.74 Å². The van der Waals surface area contributed by atoms with Crippen molar-refractivity contribution in [3.63, 3.8) is 0 Å². The van der Waals surface area contributed by atoms with Gasteiger partial charge in [-0.1, -0.05) is 60.7 Å². The van der Waals surface area contributed by atoms with Crippen LogP contribution in [0.25, 0.3) is 21.5 Å². The number of nitrogens with zero attached hydrogens (tertiary/aromatic N) is 1. The molecule has 0 bridgehead atoms. The van der Waals surface area contributed by atoms with Crippen molar-refractivity contribution in [2.24, 2.45) is 0 Å². The number of hydrogen-bond acceptors (Lipinski definition) is 2. The average molecular weight is 517 g/mol. The lowest BCUT2D eigenvalue weighted by atomic mass is 9.98. The van der Waals surface area contributed by atoms with E-state index in [1.807, 2.05) is 24.3 Å². The molecule has 2 nitrogen and oxygen atoms in total. The molecule has 0 saturated heterocycles. The van der Waals surface area contributed by atoms with Gasteiger partial charge in [0.15, 0.2) is 11.5 Å². The zero-order valence-corrected chi connectivity index (χ0v) is 18.9. The smallest absolute Gasteiger partial charge is 0.165 e. The Morgan fingerprint density at radius 1 is 0.533 bits per heavy atom. The Labute approximate surface area is 191 Å². The molecule has 0 amide bonds. The Morgan fingerprint density at radius 2 is 1.10 bits per heavy atom. The molecule has 144 valence electrons. The number of hydrogen-bond donors (Lipinski definition) is 0. The number of anilines is 3. The highest BCUT2D eigenvalue weighted by atomic mass is 79.9. The summed E-state index contributed by atoms with van der Waals surface area (Å²) in [6, 6.07) is 31.8. The maximum absolute atomic E-state index is 6.35. The molecule has 0 radical (unpaired) electrons. The summed E-state index contributed by atoms with van der Waals surface area (Å²) in [6.07, 6.45) is 0. The van der Waals surface area contributed by atoms with Crippen LogP contribution in [0.15, 0.2) is 99.9 Å². The summed E-state index contributed by atoms with van der Waals surface area (Å²) in [5, 5.41) is 4.92. The lowest BCUT2D eigenvalue weighted by molar-refractivity contribution is 0.471. The molecule has 1 aliphatic rings. The molecule has 1 heterocycles. The maximum Gasteiger partial charge on any atom is 0.165 e. The molecular formula is C26H15Br2NO. The van der Waals surface area contributed by atoms with Crippen molar-refractivity contribution in [1.82, 2.24) is 0 Å². The monoisotopic (exact) mass is 515 g/mol. The van der Waals surface area contributed by atoms with Gasteiger partial charge in [-0.3, -0.25) is 0 Å². The Bertz CT molecular complexity index is 1410. The van der Waals surface area contributed by atoms with Crippen LogP contribution in [-0.4, -0.2) is 0 Å². The first-order valence-electron chi connectivity index (χ1n) is 9.68. The molecule has 4 heteroatoms. The van der Waals surface area contributed by atoms with Crippen molar-refractivity contribution >= 4 is 70.5 Å². The number of fused-ring (bicyclic) bond motifs is 5. The third-order valence-electron chi connectivity index (χ3n) is 5.57. The number of rotatable bonds is 1. The second-order valence-corrected chi connectivity index (χ2v) is 8.98. The SMILES string of the molecule is Brc1cccc2c1Oc1c(Br)cccc1N2c1cc2ccccc2c2ccccc12. The Balaban J connectivity index is 1.76. The quantitative estimate of drug-likeness (QED) is 0.202. The Kier molecular flexibility index (Phi) is 4.12. The zero-order chi connectivity index (χ0) is 20.2. The van der Waals surface area contributed by atoms with Gasteiger partial charge in [0, 0.05) is 5.39 Å². The van der Waals surface area contributed by atoms with Gasteiger partial charge >= 0.3 is 0 Å². The summed E-state index contributed by atoms with van der Waals surface area (Å²) in [7, 11) is 0. The summed E-state index contributed by atoms with van der Waals surface area (Å²) < 4.78 is 8.21. The molecule has 0 unspecified atom stereocenters. The molecule has 0 aliphatic carbocycles. The summed E-state index contributed by atoms with van der Waals surface area (Å²) in [5.74, 6) is 1.63. The van der Waals surface area contributed by atoms with E-state index in [-0.39, 0.29) is 0 Å². The highest BCUT2D eigenvalue weighted by Crippen LogP contribution is 2.56.